The van der Waals surface area contributed by atoms with E-state index in [4.69, 9.17) is 16.7 Å². The Hall–Kier alpha value is -0.700. The standard InChI is InChI=1S/C6H9ClO3/c1-4(7)6(9)3-10-5(2)8/h9H,3H2,1-2H3/b6-4-. The summed E-state index contributed by atoms with van der Waals surface area (Å²) in [6, 6.07) is 0. The van der Waals surface area contributed by atoms with Gasteiger partial charge in [0.15, 0.2) is 0 Å². The van der Waals surface area contributed by atoms with E-state index in [2.05, 4.69) is 4.74 Å². The van der Waals surface area contributed by atoms with Crippen LogP contribution in [0.4, 0.5) is 0 Å². The molecule has 0 rings (SSSR count). The van der Waals surface area contributed by atoms with E-state index < -0.39 is 5.97 Å². The average molecular weight is 165 g/mol. The zero-order chi connectivity index (χ0) is 8.15. The summed E-state index contributed by atoms with van der Waals surface area (Å²) in [5.74, 6) is -0.554. The largest absolute Gasteiger partial charge is 0.507 e. The molecule has 0 aromatic heterocycles. The van der Waals surface area contributed by atoms with Crippen LogP contribution in [-0.2, 0) is 9.53 Å². The summed E-state index contributed by atoms with van der Waals surface area (Å²) in [7, 11) is 0. The van der Waals surface area contributed by atoms with E-state index in [1.165, 1.54) is 13.8 Å². The van der Waals surface area contributed by atoms with E-state index in [0.29, 0.717) is 0 Å². The first-order valence-corrected chi connectivity index (χ1v) is 3.09. The van der Waals surface area contributed by atoms with Crippen LogP contribution >= 0.6 is 11.6 Å². The molecule has 0 unspecified atom stereocenters. The first kappa shape index (κ1) is 9.30. The number of allylic oxidation sites excluding steroid dienone is 1. The Bertz CT molecular complexity index is 158. The van der Waals surface area contributed by atoms with Gasteiger partial charge in [0.05, 0.1) is 5.03 Å². The van der Waals surface area contributed by atoms with Crippen molar-refractivity contribution in [2.24, 2.45) is 0 Å². The molecule has 0 aliphatic rings. The lowest BCUT2D eigenvalue weighted by atomic mass is 10.5. The summed E-state index contributed by atoms with van der Waals surface area (Å²) in [4.78, 5) is 10.2. The number of esters is 1. The van der Waals surface area contributed by atoms with Crippen molar-refractivity contribution in [1.29, 1.82) is 0 Å². The van der Waals surface area contributed by atoms with Gasteiger partial charge in [0, 0.05) is 6.92 Å². The number of carbonyl (C=O) groups is 1. The van der Waals surface area contributed by atoms with E-state index in [1.54, 1.807) is 0 Å². The predicted octanol–water partition coefficient (Wildman–Crippen LogP) is 1.58. The van der Waals surface area contributed by atoms with Crippen molar-refractivity contribution >= 4 is 17.6 Å². The molecule has 0 amide bonds. The summed E-state index contributed by atoms with van der Waals surface area (Å²) in [5, 5.41) is 9.08. The van der Waals surface area contributed by atoms with Crippen molar-refractivity contribution in [3.63, 3.8) is 0 Å². The lowest BCUT2D eigenvalue weighted by Gasteiger charge is -2.00. The number of aliphatic hydroxyl groups is 1. The highest BCUT2D eigenvalue weighted by Gasteiger charge is 1.99. The number of carbonyl (C=O) groups excluding carboxylic acids is 1. The van der Waals surface area contributed by atoms with Gasteiger partial charge in [0.2, 0.25) is 0 Å². The van der Waals surface area contributed by atoms with Crippen molar-refractivity contribution in [1.82, 2.24) is 0 Å². The zero-order valence-electron chi connectivity index (χ0n) is 5.85. The number of halogens is 1. The molecule has 0 radical (unpaired) electrons. The lowest BCUT2D eigenvalue weighted by molar-refractivity contribution is -0.140. The number of hydrogen-bond donors (Lipinski definition) is 1. The summed E-state index contributed by atoms with van der Waals surface area (Å²) in [6.07, 6.45) is 0. The molecule has 0 spiro atoms. The fourth-order valence-electron chi connectivity index (χ4n) is 0.269. The summed E-state index contributed by atoms with van der Waals surface area (Å²) in [6.45, 7) is 2.63. The Labute approximate surface area is 64.2 Å². The van der Waals surface area contributed by atoms with Crippen LogP contribution < -0.4 is 0 Å². The number of rotatable bonds is 2. The maximum absolute atomic E-state index is 10.2. The van der Waals surface area contributed by atoms with Gasteiger partial charge in [0.1, 0.15) is 12.4 Å². The molecule has 3 nitrogen and oxygen atoms in total. The van der Waals surface area contributed by atoms with Gasteiger partial charge in [-0.25, -0.2) is 0 Å². The summed E-state index contributed by atoms with van der Waals surface area (Å²) in [5.41, 5.74) is 0. The highest BCUT2D eigenvalue weighted by atomic mass is 35.5. The molecule has 0 aromatic rings. The molecule has 10 heavy (non-hydrogen) atoms. The van der Waals surface area contributed by atoms with Gasteiger partial charge in [0.25, 0.3) is 0 Å². The van der Waals surface area contributed by atoms with E-state index in [9.17, 15) is 4.79 Å². The van der Waals surface area contributed by atoms with Crippen LogP contribution in [-0.4, -0.2) is 17.7 Å². The molecule has 58 valence electrons. The fraction of sp³-hybridized carbons (Fsp3) is 0.500. The van der Waals surface area contributed by atoms with Crippen LogP contribution in [0.1, 0.15) is 13.8 Å². The van der Waals surface area contributed by atoms with Gasteiger partial charge in [-0.05, 0) is 6.92 Å². The molecule has 0 saturated carbocycles. The van der Waals surface area contributed by atoms with Crippen molar-refractivity contribution < 1.29 is 14.6 Å². The molecule has 0 fully saturated rings. The van der Waals surface area contributed by atoms with E-state index >= 15 is 0 Å². The van der Waals surface area contributed by atoms with Crippen LogP contribution in [0.5, 0.6) is 0 Å². The minimum atomic E-state index is -0.440. The molecule has 0 aliphatic heterocycles. The van der Waals surface area contributed by atoms with Gasteiger partial charge >= 0.3 is 5.97 Å². The molecular weight excluding hydrogens is 156 g/mol. The third-order valence-corrected chi connectivity index (χ3v) is 1.03. The van der Waals surface area contributed by atoms with Crippen molar-refractivity contribution in [3.8, 4) is 0 Å². The second-order valence-corrected chi connectivity index (χ2v) is 2.33. The Balaban J connectivity index is 3.71. The number of aliphatic hydroxyl groups excluding tert-OH is 1. The molecule has 0 saturated heterocycles. The topological polar surface area (TPSA) is 46.5 Å². The maximum atomic E-state index is 10.2. The van der Waals surface area contributed by atoms with Crippen LogP contribution in [0.3, 0.4) is 0 Å². The van der Waals surface area contributed by atoms with Gasteiger partial charge in [-0.15, -0.1) is 0 Å². The third-order valence-electron chi connectivity index (χ3n) is 0.810. The summed E-state index contributed by atoms with van der Waals surface area (Å²) < 4.78 is 4.43. The van der Waals surface area contributed by atoms with E-state index in [-0.39, 0.29) is 17.4 Å². The van der Waals surface area contributed by atoms with E-state index in [1.807, 2.05) is 0 Å². The van der Waals surface area contributed by atoms with Crippen LogP contribution in [0, 0.1) is 0 Å². The second-order valence-electron chi connectivity index (χ2n) is 1.76. The molecule has 0 aliphatic carbocycles. The third kappa shape index (κ3) is 4.21. The highest BCUT2D eigenvalue weighted by molar-refractivity contribution is 6.29. The molecule has 1 N–H and O–H groups in total. The van der Waals surface area contributed by atoms with Crippen LogP contribution in [0.2, 0.25) is 0 Å². The normalized spacial score (nSPS) is 12.3. The molecule has 0 bridgehead atoms. The zero-order valence-corrected chi connectivity index (χ0v) is 6.60. The summed E-state index contributed by atoms with van der Waals surface area (Å²) >= 11 is 5.35. The van der Waals surface area contributed by atoms with Crippen LogP contribution in [0.25, 0.3) is 0 Å². The lowest BCUT2D eigenvalue weighted by Crippen LogP contribution is -2.03. The van der Waals surface area contributed by atoms with Crippen molar-refractivity contribution in [2.45, 2.75) is 13.8 Å². The predicted molar refractivity (Wildman–Crippen MR) is 37.8 cm³/mol. The average Bonchev–Trinajstić information content (AvgIpc) is 1.82. The fourth-order valence-corrected chi connectivity index (χ4v) is 0.324. The molecule has 4 heteroatoms. The van der Waals surface area contributed by atoms with Gasteiger partial charge < -0.3 is 9.84 Å². The number of hydrogen-bond acceptors (Lipinski definition) is 3. The molecule has 0 heterocycles. The first-order chi connectivity index (χ1) is 4.54. The van der Waals surface area contributed by atoms with E-state index in [0.717, 1.165) is 0 Å². The SMILES string of the molecule is CC(=O)OC/C(O)=C(\C)Cl. The second kappa shape index (κ2) is 4.17. The smallest absolute Gasteiger partial charge is 0.303 e. The monoisotopic (exact) mass is 164 g/mol. The van der Waals surface area contributed by atoms with Crippen LogP contribution in [0.15, 0.2) is 10.8 Å². The maximum Gasteiger partial charge on any atom is 0.303 e. The number of ether oxygens (including phenoxy) is 1. The van der Waals surface area contributed by atoms with Crippen molar-refractivity contribution in [3.05, 3.63) is 10.8 Å². The Morgan fingerprint density at radius 2 is 2.10 bits per heavy atom. The van der Waals surface area contributed by atoms with Gasteiger partial charge in [-0.2, -0.15) is 0 Å². The Morgan fingerprint density at radius 1 is 1.60 bits per heavy atom. The minimum Gasteiger partial charge on any atom is -0.507 e. The first-order valence-electron chi connectivity index (χ1n) is 2.71. The molecule has 0 aromatic carbocycles. The van der Waals surface area contributed by atoms with Crippen molar-refractivity contribution in [2.75, 3.05) is 6.61 Å². The highest BCUT2D eigenvalue weighted by Crippen LogP contribution is 2.04. The molecular formula is C6H9ClO3. The quantitative estimate of drug-likeness (QED) is 0.498. The Morgan fingerprint density at radius 3 is 2.40 bits per heavy atom. The minimum absolute atomic E-state index is 0.114. The Kier molecular flexibility index (Phi) is 3.88. The molecule has 0 atom stereocenters. The van der Waals surface area contributed by atoms with Gasteiger partial charge in [-0.3, -0.25) is 4.79 Å². The van der Waals surface area contributed by atoms with Gasteiger partial charge in [-0.1, -0.05) is 11.6 Å².